The Morgan fingerprint density at radius 1 is 1.03 bits per heavy atom. The summed E-state index contributed by atoms with van der Waals surface area (Å²) in [5, 5.41) is 3.02. The van der Waals surface area contributed by atoms with Gasteiger partial charge in [0, 0.05) is 5.69 Å². The predicted octanol–water partition coefficient (Wildman–Crippen LogP) is 4.49. The van der Waals surface area contributed by atoms with Gasteiger partial charge in [-0.05, 0) is 55.0 Å². The van der Waals surface area contributed by atoms with Crippen molar-refractivity contribution in [3.05, 3.63) is 83.4 Å². The molecule has 0 unspecified atom stereocenters. The lowest BCUT2D eigenvalue weighted by Crippen LogP contribution is -2.38. The monoisotopic (exact) mass is 444 g/mol. The quantitative estimate of drug-likeness (QED) is 0.582. The summed E-state index contributed by atoms with van der Waals surface area (Å²) in [6, 6.07) is 19.8. The number of rotatable bonds is 7. The molecule has 156 valence electrons. The van der Waals surface area contributed by atoms with Crippen LogP contribution in [-0.4, -0.2) is 28.0 Å². The number of methoxy groups -OCH3 is 1. The minimum absolute atomic E-state index is 0.104. The molecule has 0 spiro atoms. The Morgan fingerprint density at radius 3 is 2.40 bits per heavy atom. The van der Waals surface area contributed by atoms with Gasteiger partial charge >= 0.3 is 0 Å². The van der Waals surface area contributed by atoms with Crippen molar-refractivity contribution in [2.24, 2.45) is 0 Å². The molecule has 3 aromatic rings. The van der Waals surface area contributed by atoms with Gasteiger partial charge in [-0.2, -0.15) is 0 Å². The summed E-state index contributed by atoms with van der Waals surface area (Å²) in [5.41, 5.74) is 1.72. The van der Waals surface area contributed by atoms with Crippen LogP contribution in [0.15, 0.2) is 77.7 Å². The lowest BCUT2D eigenvalue weighted by atomic mass is 10.2. The molecule has 6 nitrogen and oxygen atoms in total. The first-order valence-electron chi connectivity index (χ1n) is 9.09. The van der Waals surface area contributed by atoms with Crippen molar-refractivity contribution < 1.29 is 17.9 Å². The Kier molecular flexibility index (Phi) is 6.64. The van der Waals surface area contributed by atoms with Gasteiger partial charge in [0.2, 0.25) is 5.91 Å². The zero-order valence-electron chi connectivity index (χ0n) is 16.5. The van der Waals surface area contributed by atoms with E-state index in [9.17, 15) is 13.2 Å². The molecule has 1 N–H and O–H groups in total. The van der Waals surface area contributed by atoms with Gasteiger partial charge in [-0.1, -0.05) is 41.9 Å². The molecule has 0 bridgehead atoms. The summed E-state index contributed by atoms with van der Waals surface area (Å²) in [7, 11) is -2.46. The number of halogens is 1. The fourth-order valence-electron chi connectivity index (χ4n) is 2.89. The van der Waals surface area contributed by atoms with E-state index in [0.717, 1.165) is 9.87 Å². The van der Waals surface area contributed by atoms with Crippen molar-refractivity contribution in [3.63, 3.8) is 0 Å². The summed E-state index contributed by atoms with van der Waals surface area (Å²) in [6.45, 7) is 1.46. The van der Waals surface area contributed by atoms with Crippen molar-refractivity contribution >= 4 is 38.9 Å². The first-order valence-corrected chi connectivity index (χ1v) is 10.9. The third kappa shape index (κ3) is 4.93. The van der Waals surface area contributed by atoms with E-state index in [1.807, 2.05) is 13.0 Å². The second kappa shape index (κ2) is 9.19. The van der Waals surface area contributed by atoms with E-state index in [0.29, 0.717) is 22.1 Å². The van der Waals surface area contributed by atoms with E-state index in [1.54, 1.807) is 54.6 Å². The van der Waals surface area contributed by atoms with Crippen molar-refractivity contribution in [1.29, 1.82) is 0 Å². The van der Waals surface area contributed by atoms with Gasteiger partial charge in [-0.25, -0.2) is 8.42 Å². The van der Waals surface area contributed by atoms with Gasteiger partial charge in [0.15, 0.2) is 0 Å². The molecule has 8 heteroatoms. The van der Waals surface area contributed by atoms with E-state index >= 15 is 0 Å². The highest BCUT2D eigenvalue weighted by molar-refractivity contribution is 7.92. The number of amides is 1. The van der Waals surface area contributed by atoms with Gasteiger partial charge in [0.25, 0.3) is 10.0 Å². The Hall–Kier alpha value is -3.03. The lowest BCUT2D eigenvalue weighted by Gasteiger charge is -2.24. The summed E-state index contributed by atoms with van der Waals surface area (Å²) in [5.74, 6) is -0.0278. The molecule has 30 heavy (non-hydrogen) atoms. The maximum Gasteiger partial charge on any atom is 0.264 e. The zero-order chi connectivity index (χ0) is 21.7. The van der Waals surface area contributed by atoms with Crippen LogP contribution in [0.2, 0.25) is 5.02 Å². The Balaban J connectivity index is 1.91. The predicted molar refractivity (Wildman–Crippen MR) is 119 cm³/mol. The number of benzene rings is 3. The largest absolute Gasteiger partial charge is 0.495 e. The van der Waals surface area contributed by atoms with Crippen LogP contribution in [0.25, 0.3) is 0 Å². The van der Waals surface area contributed by atoms with Crippen molar-refractivity contribution in [3.8, 4) is 5.75 Å². The van der Waals surface area contributed by atoms with E-state index in [2.05, 4.69) is 5.32 Å². The average Bonchev–Trinajstić information content (AvgIpc) is 2.72. The van der Waals surface area contributed by atoms with Crippen molar-refractivity contribution in [2.45, 2.75) is 11.8 Å². The van der Waals surface area contributed by atoms with Gasteiger partial charge in [0.05, 0.1) is 22.7 Å². The normalized spacial score (nSPS) is 11.0. The molecule has 0 fully saturated rings. The van der Waals surface area contributed by atoms with Crippen LogP contribution < -0.4 is 14.4 Å². The second-order valence-electron chi connectivity index (χ2n) is 6.56. The van der Waals surface area contributed by atoms with Gasteiger partial charge < -0.3 is 10.1 Å². The molecule has 0 aromatic heterocycles. The number of ether oxygens (including phenoxy) is 1. The summed E-state index contributed by atoms with van der Waals surface area (Å²) in [6.07, 6.45) is 0. The van der Waals surface area contributed by atoms with Crippen molar-refractivity contribution in [1.82, 2.24) is 0 Å². The molecule has 0 aliphatic rings. The SMILES string of the molecule is COc1ccc(NC(=O)CN(c2cccc(C)c2)S(=O)(=O)c2ccccc2)cc1Cl. The third-order valence-electron chi connectivity index (χ3n) is 4.34. The highest BCUT2D eigenvalue weighted by Crippen LogP contribution is 2.28. The fraction of sp³-hybridized carbons (Fsp3) is 0.136. The topological polar surface area (TPSA) is 75.7 Å². The lowest BCUT2D eigenvalue weighted by molar-refractivity contribution is -0.114. The zero-order valence-corrected chi connectivity index (χ0v) is 18.1. The molecule has 0 aliphatic heterocycles. The molecule has 1 amide bonds. The van der Waals surface area contributed by atoms with Crippen LogP contribution in [0.4, 0.5) is 11.4 Å². The molecule has 0 heterocycles. The minimum Gasteiger partial charge on any atom is -0.495 e. The summed E-state index contributed by atoms with van der Waals surface area (Å²) in [4.78, 5) is 12.8. The number of anilines is 2. The highest BCUT2D eigenvalue weighted by atomic mass is 35.5. The average molecular weight is 445 g/mol. The number of carbonyl (C=O) groups excluding carboxylic acids is 1. The molecular weight excluding hydrogens is 424 g/mol. The fourth-order valence-corrected chi connectivity index (χ4v) is 4.58. The highest BCUT2D eigenvalue weighted by Gasteiger charge is 2.27. The smallest absolute Gasteiger partial charge is 0.264 e. The maximum atomic E-state index is 13.3. The van der Waals surface area contributed by atoms with Crippen LogP contribution >= 0.6 is 11.6 Å². The van der Waals surface area contributed by atoms with Gasteiger partial charge in [0.1, 0.15) is 12.3 Å². The standard InChI is InChI=1S/C22H21ClN2O4S/c1-16-7-6-8-18(13-16)25(30(27,28)19-9-4-3-5-10-19)15-22(26)24-17-11-12-21(29-2)20(23)14-17/h3-14H,15H2,1-2H3,(H,24,26). The second-order valence-corrected chi connectivity index (χ2v) is 8.83. The van der Waals surface area contributed by atoms with E-state index in [4.69, 9.17) is 16.3 Å². The van der Waals surface area contributed by atoms with Crippen LogP contribution in [0.1, 0.15) is 5.56 Å². The third-order valence-corrected chi connectivity index (χ3v) is 6.43. The number of nitrogens with one attached hydrogen (secondary N) is 1. The summed E-state index contributed by atoms with van der Waals surface area (Å²) < 4.78 is 32.7. The molecule has 3 rings (SSSR count). The first-order chi connectivity index (χ1) is 14.3. The minimum atomic E-state index is -3.95. The Morgan fingerprint density at radius 2 is 1.77 bits per heavy atom. The molecule has 3 aromatic carbocycles. The van der Waals surface area contributed by atoms with Crippen LogP contribution in [0.3, 0.4) is 0 Å². The first kappa shape index (κ1) is 21.7. The molecule has 0 aliphatic carbocycles. The molecule has 0 atom stereocenters. The van der Waals surface area contributed by atoms with Crippen molar-refractivity contribution in [2.75, 3.05) is 23.3 Å². The molecule has 0 radical (unpaired) electrons. The van der Waals surface area contributed by atoms with Crippen LogP contribution in [0, 0.1) is 6.92 Å². The summed E-state index contributed by atoms with van der Waals surface area (Å²) >= 11 is 6.10. The number of carbonyl (C=O) groups is 1. The van der Waals surface area contributed by atoms with E-state index in [1.165, 1.54) is 19.2 Å². The van der Waals surface area contributed by atoms with Gasteiger partial charge in [-0.3, -0.25) is 9.10 Å². The van der Waals surface area contributed by atoms with Crippen LogP contribution in [0.5, 0.6) is 5.75 Å². The Labute approximate surface area is 181 Å². The number of hydrogen-bond donors (Lipinski definition) is 1. The number of hydrogen-bond acceptors (Lipinski definition) is 4. The molecular formula is C22H21ClN2O4S. The van der Waals surface area contributed by atoms with E-state index in [-0.39, 0.29) is 4.90 Å². The Bertz CT molecular complexity index is 1150. The number of aryl methyl sites for hydroxylation is 1. The molecule has 0 saturated carbocycles. The number of nitrogens with zero attached hydrogens (tertiary/aromatic N) is 1. The van der Waals surface area contributed by atoms with Gasteiger partial charge in [-0.15, -0.1) is 0 Å². The molecule has 0 saturated heterocycles. The maximum absolute atomic E-state index is 13.3. The number of sulfonamides is 1. The van der Waals surface area contributed by atoms with Crippen LogP contribution in [-0.2, 0) is 14.8 Å². The van der Waals surface area contributed by atoms with E-state index < -0.39 is 22.5 Å².